The van der Waals surface area contributed by atoms with Crippen molar-refractivity contribution in [3.05, 3.63) is 50.9 Å². The molecule has 0 radical (unpaired) electrons. The van der Waals surface area contributed by atoms with Gasteiger partial charge in [0.05, 0.1) is 10.6 Å². The minimum atomic E-state index is -3.74. The van der Waals surface area contributed by atoms with Crippen LogP contribution in [0.1, 0.15) is 0 Å². The molecule has 0 heterocycles. The Balaban J connectivity index is 2.37. The zero-order valence-corrected chi connectivity index (χ0v) is 13.8. The second kappa shape index (κ2) is 5.81. The lowest BCUT2D eigenvalue weighted by Gasteiger charge is -2.10. The van der Waals surface area contributed by atoms with Gasteiger partial charge in [-0.2, -0.15) is 0 Å². The molecule has 3 N–H and O–H groups in total. The quantitative estimate of drug-likeness (QED) is 0.767. The SMILES string of the molecule is Nc1ccc(S(=O)(=O)Nc2cc(Cl)cc(Cl)c2)cc1Br. The van der Waals surface area contributed by atoms with Gasteiger partial charge in [0.15, 0.2) is 0 Å². The molecule has 8 heteroatoms. The van der Waals surface area contributed by atoms with Crippen LogP contribution in [0.5, 0.6) is 0 Å². The van der Waals surface area contributed by atoms with Crippen LogP contribution in [0.2, 0.25) is 10.0 Å². The van der Waals surface area contributed by atoms with E-state index < -0.39 is 10.0 Å². The van der Waals surface area contributed by atoms with Crippen molar-refractivity contribution in [1.29, 1.82) is 0 Å². The van der Waals surface area contributed by atoms with E-state index in [-0.39, 0.29) is 10.6 Å². The van der Waals surface area contributed by atoms with E-state index in [9.17, 15) is 8.42 Å². The Morgan fingerprint density at radius 3 is 2.20 bits per heavy atom. The molecule has 0 bridgehead atoms. The molecule has 2 aromatic rings. The lowest BCUT2D eigenvalue weighted by molar-refractivity contribution is 0.601. The molecular formula is C12H9BrCl2N2O2S. The van der Waals surface area contributed by atoms with Crippen LogP contribution in [-0.2, 0) is 10.0 Å². The molecule has 0 spiro atoms. The van der Waals surface area contributed by atoms with E-state index in [2.05, 4.69) is 20.7 Å². The predicted molar refractivity (Wildman–Crippen MR) is 85.8 cm³/mol. The molecule has 0 saturated carbocycles. The summed E-state index contributed by atoms with van der Waals surface area (Å²) in [4.78, 5) is 0.0784. The average molecular weight is 396 g/mol. The third kappa shape index (κ3) is 3.58. The summed E-state index contributed by atoms with van der Waals surface area (Å²) >= 11 is 14.8. The monoisotopic (exact) mass is 394 g/mol. The lowest BCUT2D eigenvalue weighted by atomic mass is 10.3. The van der Waals surface area contributed by atoms with Crippen molar-refractivity contribution in [2.75, 3.05) is 10.5 Å². The van der Waals surface area contributed by atoms with Crippen LogP contribution < -0.4 is 10.5 Å². The van der Waals surface area contributed by atoms with E-state index >= 15 is 0 Å². The van der Waals surface area contributed by atoms with E-state index in [4.69, 9.17) is 28.9 Å². The highest BCUT2D eigenvalue weighted by molar-refractivity contribution is 9.10. The number of sulfonamides is 1. The fourth-order valence-corrected chi connectivity index (χ4v) is 3.62. The Hall–Kier alpha value is -0.950. The van der Waals surface area contributed by atoms with E-state index in [1.54, 1.807) is 0 Å². The van der Waals surface area contributed by atoms with Gasteiger partial charge in [0.2, 0.25) is 0 Å². The van der Waals surface area contributed by atoms with Crippen molar-refractivity contribution < 1.29 is 8.42 Å². The van der Waals surface area contributed by atoms with E-state index in [1.165, 1.54) is 36.4 Å². The first-order valence-corrected chi connectivity index (χ1v) is 8.35. The molecule has 0 atom stereocenters. The number of hydrogen-bond donors (Lipinski definition) is 2. The van der Waals surface area contributed by atoms with Gasteiger partial charge in [0.1, 0.15) is 0 Å². The fraction of sp³-hybridized carbons (Fsp3) is 0. The van der Waals surface area contributed by atoms with Gasteiger partial charge >= 0.3 is 0 Å². The summed E-state index contributed by atoms with van der Waals surface area (Å²) in [5, 5.41) is 0.683. The molecule has 0 unspecified atom stereocenters. The van der Waals surface area contributed by atoms with Crippen molar-refractivity contribution in [3.8, 4) is 0 Å². The van der Waals surface area contributed by atoms with Crippen LogP contribution in [-0.4, -0.2) is 8.42 Å². The molecule has 0 aliphatic carbocycles. The largest absolute Gasteiger partial charge is 0.398 e. The highest BCUT2D eigenvalue weighted by Gasteiger charge is 2.15. The zero-order chi connectivity index (χ0) is 14.9. The Labute approximate surface area is 135 Å². The number of nitrogens with one attached hydrogen (secondary N) is 1. The molecule has 0 fully saturated rings. The van der Waals surface area contributed by atoms with E-state index in [1.807, 2.05) is 0 Å². The first kappa shape index (κ1) is 15.4. The first-order valence-electron chi connectivity index (χ1n) is 5.32. The molecule has 106 valence electrons. The molecule has 4 nitrogen and oxygen atoms in total. The summed E-state index contributed by atoms with van der Waals surface area (Å²) in [7, 11) is -3.74. The number of anilines is 2. The Morgan fingerprint density at radius 2 is 1.65 bits per heavy atom. The standard InChI is InChI=1S/C12H9BrCl2N2O2S/c13-11-6-10(1-2-12(11)16)20(18,19)17-9-4-7(14)3-8(15)5-9/h1-6,17H,16H2. The topological polar surface area (TPSA) is 72.2 Å². The van der Waals surface area contributed by atoms with Gasteiger partial charge in [-0.1, -0.05) is 23.2 Å². The number of halogens is 3. The summed E-state index contributed by atoms with van der Waals surface area (Å²) < 4.78 is 27.4. The van der Waals surface area contributed by atoms with Crippen molar-refractivity contribution >= 4 is 60.5 Å². The third-order valence-corrected chi connectivity index (χ3v) is 4.90. The third-order valence-electron chi connectivity index (χ3n) is 2.40. The normalized spacial score (nSPS) is 11.3. The summed E-state index contributed by atoms with van der Waals surface area (Å²) in [6.45, 7) is 0. The maximum atomic E-state index is 12.2. The van der Waals surface area contributed by atoms with Gasteiger partial charge in [0.25, 0.3) is 10.0 Å². The highest BCUT2D eigenvalue weighted by atomic mass is 79.9. The molecular weight excluding hydrogens is 387 g/mol. The van der Waals surface area contributed by atoms with Crippen molar-refractivity contribution in [1.82, 2.24) is 0 Å². The van der Waals surface area contributed by atoms with Crippen LogP contribution >= 0.6 is 39.1 Å². The Bertz CT molecular complexity index is 746. The molecule has 2 aromatic carbocycles. The van der Waals surface area contributed by atoms with Gasteiger partial charge < -0.3 is 5.73 Å². The van der Waals surface area contributed by atoms with Gasteiger partial charge in [-0.25, -0.2) is 8.42 Å². The van der Waals surface area contributed by atoms with Crippen LogP contribution in [0.3, 0.4) is 0 Å². The average Bonchev–Trinajstić information content (AvgIpc) is 2.30. The Morgan fingerprint density at radius 1 is 1.05 bits per heavy atom. The minimum absolute atomic E-state index is 0.0784. The molecule has 0 aliphatic heterocycles. The number of nitrogens with two attached hydrogens (primary N) is 1. The smallest absolute Gasteiger partial charge is 0.261 e. The maximum absolute atomic E-state index is 12.2. The van der Waals surface area contributed by atoms with E-state index in [0.29, 0.717) is 20.2 Å². The fourth-order valence-electron chi connectivity index (χ4n) is 1.50. The Kier molecular flexibility index (Phi) is 4.49. The van der Waals surface area contributed by atoms with Crippen molar-refractivity contribution in [3.63, 3.8) is 0 Å². The van der Waals surface area contributed by atoms with Gasteiger partial charge in [0, 0.05) is 20.2 Å². The second-order valence-corrected chi connectivity index (χ2v) is 7.36. The molecule has 0 saturated heterocycles. The highest BCUT2D eigenvalue weighted by Crippen LogP contribution is 2.27. The number of nitrogen functional groups attached to an aromatic ring is 1. The van der Waals surface area contributed by atoms with E-state index in [0.717, 1.165) is 0 Å². The van der Waals surface area contributed by atoms with Crippen LogP contribution in [0.25, 0.3) is 0 Å². The summed E-state index contributed by atoms with van der Waals surface area (Å²) in [5.41, 5.74) is 6.37. The zero-order valence-electron chi connectivity index (χ0n) is 9.90. The number of rotatable bonds is 3. The second-order valence-electron chi connectivity index (χ2n) is 3.95. The minimum Gasteiger partial charge on any atom is -0.398 e. The lowest BCUT2D eigenvalue weighted by Crippen LogP contribution is -2.13. The number of benzene rings is 2. The molecule has 2 rings (SSSR count). The molecule has 0 aliphatic rings. The summed E-state index contributed by atoms with van der Waals surface area (Å²) in [5.74, 6) is 0. The predicted octanol–water partition coefficient (Wildman–Crippen LogP) is 4.14. The van der Waals surface area contributed by atoms with Gasteiger partial charge in [-0.3, -0.25) is 4.72 Å². The van der Waals surface area contributed by atoms with Crippen LogP contribution in [0.15, 0.2) is 45.8 Å². The van der Waals surface area contributed by atoms with Gasteiger partial charge in [-0.05, 0) is 52.3 Å². The van der Waals surface area contributed by atoms with Crippen molar-refractivity contribution in [2.24, 2.45) is 0 Å². The summed E-state index contributed by atoms with van der Waals surface area (Å²) in [6, 6.07) is 8.79. The van der Waals surface area contributed by atoms with Crippen LogP contribution in [0.4, 0.5) is 11.4 Å². The number of hydrogen-bond acceptors (Lipinski definition) is 3. The van der Waals surface area contributed by atoms with Crippen molar-refractivity contribution in [2.45, 2.75) is 4.90 Å². The summed E-state index contributed by atoms with van der Waals surface area (Å²) in [6.07, 6.45) is 0. The molecule has 0 amide bonds. The van der Waals surface area contributed by atoms with Gasteiger partial charge in [-0.15, -0.1) is 0 Å². The molecule has 0 aromatic heterocycles. The van der Waals surface area contributed by atoms with Crippen LogP contribution in [0, 0.1) is 0 Å². The molecule has 20 heavy (non-hydrogen) atoms. The first-order chi connectivity index (χ1) is 9.28. The maximum Gasteiger partial charge on any atom is 0.261 e.